The third-order valence-electron chi connectivity index (χ3n) is 5.54. The number of fused-ring (bicyclic) bond motifs is 3. The van der Waals surface area contributed by atoms with Crippen LogP contribution in [0, 0.1) is 0 Å². The average Bonchev–Trinajstić information content (AvgIpc) is 3.04. The van der Waals surface area contributed by atoms with Crippen molar-refractivity contribution in [2.45, 2.75) is 76.2 Å². The number of rotatable bonds is 4. The quantitative estimate of drug-likeness (QED) is 0.392. The summed E-state index contributed by atoms with van der Waals surface area (Å²) in [6.07, 6.45) is 4.55. The molecular formula is C23H28N2OS2. The lowest BCUT2D eigenvalue weighted by atomic mass is 9.87. The highest BCUT2D eigenvalue weighted by Crippen LogP contribution is 2.35. The first-order chi connectivity index (χ1) is 13.4. The number of benzene rings is 1. The summed E-state index contributed by atoms with van der Waals surface area (Å²) in [4.78, 5) is 20.4. The number of hydrogen-bond donors (Lipinski definition) is 0. The molecule has 0 fully saturated rings. The van der Waals surface area contributed by atoms with Crippen molar-refractivity contribution >= 4 is 33.3 Å². The zero-order chi connectivity index (χ0) is 19.9. The Balaban J connectivity index is 1.64. The maximum atomic E-state index is 13.2. The minimum Gasteiger partial charge on any atom is -0.287 e. The Labute approximate surface area is 175 Å². The normalized spacial score (nSPS) is 14.4. The van der Waals surface area contributed by atoms with Crippen LogP contribution in [0.4, 0.5) is 0 Å². The SMILES string of the molecule is CCn1c(SCc2ccc(C(C)(C)C)cc2)nc2sc3c(c2c1=O)CCCC3. The van der Waals surface area contributed by atoms with Crippen LogP contribution in [-0.2, 0) is 30.6 Å². The van der Waals surface area contributed by atoms with Crippen LogP contribution in [0.2, 0.25) is 0 Å². The topological polar surface area (TPSA) is 34.9 Å². The molecule has 0 spiro atoms. The molecule has 148 valence electrons. The highest BCUT2D eigenvalue weighted by Gasteiger charge is 2.22. The molecule has 0 aliphatic heterocycles. The van der Waals surface area contributed by atoms with Gasteiger partial charge >= 0.3 is 0 Å². The zero-order valence-corrected chi connectivity index (χ0v) is 18.8. The summed E-state index contributed by atoms with van der Waals surface area (Å²) in [5, 5.41) is 1.74. The minimum absolute atomic E-state index is 0.150. The van der Waals surface area contributed by atoms with Gasteiger partial charge in [0.2, 0.25) is 0 Å². The Morgan fingerprint density at radius 2 is 1.86 bits per heavy atom. The van der Waals surface area contributed by atoms with Crippen LogP contribution in [0.3, 0.4) is 0 Å². The highest BCUT2D eigenvalue weighted by atomic mass is 32.2. The lowest BCUT2D eigenvalue weighted by Gasteiger charge is -2.19. The second-order valence-corrected chi connectivity index (χ2v) is 10.6. The summed E-state index contributed by atoms with van der Waals surface area (Å²) in [5.41, 5.74) is 4.20. The second-order valence-electron chi connectivity index (χ2n) is 8.57. The smallest absolute Gasteiger partial charge is 0.263 e. The molecule has 2 aromatic heterocycles. The van der Waals surface area contributed by atoms with Crippen LogP contribution in [0.5, 0.6) is 0 Å². The van der Waals surface area contributed by atoms with Crippen molar-refractivity contribution in [3.8, 4) is 0 Å². The van der Waals surface area contributed by atoms with Crippen molar-refractivity contribution in [2.24, 2.45) is 0 Å². The Morgan fingerprint density at radius 3 is 2.54 bits per heavy atom. The first-order valence-corrected chi connectivity index (χ1v) is 12.0. The van der Waals surface area contributed by atoms with E-state index in [1.807, 2.05) is 11.5 Å². The predicted octanol–water partition coefficient (Wildman–Crippen LogP) is 5.95. The van der Waals surface area contributed by atoms with Gasteiger partial charge in [0.15, 0.2) is 5.16 Å². The van der Waals surface area contributed by atoms with E-state index in [0.717, 1.165) is 34.0 Å². The lowest BCUT2D eigenvalue weighted by molar-refractivity contribution is 0.590. The van der Waals surface area contributed by atoms with Crippen molar-refractivity contribution in [3.63, 3.8) is 0 Å². The van der Waals surface area contributed by atoms with Crippen molar-refractivity contribution in [1.82, 2.24) is 9.55 Å². The van der Waals surface area contributed by atoms with E-state index >= 15 is 0 Å². The van der Waals surface area contributed by atoms with Crippen LogP contribution in [0.1, 0.15) is 62.1 Å². The van der Waals surface area contributed by atoms with Gasteiger partial charge < -0.3 is 0 Å². The summed E-state index contributed by atoms with van der Waals surface area (Å²) < 4.78 is 1.86. The molecule has 0 saturated heterocycles. The second kappa shape index (κ2) is 7.68. The Bertz CT molecular complexity index is 1060. The Kier molecular flexibility index (Phi) is 5.41. The lowest BCUT2D eigenvalue weighted by Crippen LogP contribution is -2.23. The van der Waals surface area contributed by atoms with Crippen molar-refractivity contribution in [1.29, 1.82) is 0 Å². The molecule has 1 aliphatic carbocycles. The van der Waals surface area contributed by atoms with Gasteiger partial charge in [0.05, 0.1) is 5.39 Å². The molecule has 0 saturated carbocycles. The van der Waals surface area contributed by atoms with Crippen LogP contribution in [-0.4, -0.2) is 9.55 Å². The highest BCUT2D eigenvalue weighted by molar-refractivity contribution is 7.98. The summed E-state index contributed by atoms with van der Waals surface area (Å²) in [6.45, 7) is 9.40. The minimum atomic E-state index is 0.150. The largest absolute Gasteiger partial charge is 0.287 e. The third kappa shape index (κ3) is 3.67. The van der Waals surface area contributed by atoms with Gasteiger partial charge in [-0.15, -0.1) is 11.3 Å². The van der Waals surface area contributed by atoms with E-state index in [2.05, 4.69) is 45.0 Å². The van der Waals surface area contributed by atoms with Crippen LogP contribution in [0.25, 0.3) is 10.2 Å². The summed E-state index contributed by atoms with van der Waals surface area (Å²) in [5.74, 6) is 0.827. The molecule has 0 N–H and O–H groups in total. The maximum Gasteiger partial charge on any atom is 0.263 e. The Hall–Kier alpha value is -1.59. The van der Waals surface area contributed by atoms with Gasteiger partial charge in [0.25, 0.3) is 5.56 Å². The molecule has 3 nitrogen and oxygen atoms in total. The molecule has 5 heteroatoms. The standard InChI is InChI=1S/C23H28N2OS2/c1-5-25-21(26)19-17-8-6-7-9-18(17)28-20(19)24-22(25)27-14-15-10-12-16(13-11-15)23(2,3)4/h10-13H,5-9,14H2,1-4H3. The van der Waals surface area contributed by atoms with Crippen LogP contribution in [0.15, 0.2) is 34.2 Å². The van der Waals surface area contributed by atoms with Gasteiger partial charge in [-0.25, -0.2) is 4.98 Å². The van der Waals surface area contributed by atoms with Crippen molar-refractivity contribution in [3.05, 3.63) is 56.2 Å². The summed E-state index contributed by atoms with van der Waals surface area (Å²) >= 11 is 3.41. The number of hydrogen-bond acceptors (Lipinski definition) is 4. The molecule has 0 atom stereocenters. The van der Waals surface area contributed by atoms with Gasteiger partial charge in [-0.05, 0) is 54.7 Å². The number of nitrogens with zero attached hydrogens (tertiary/aromatic N) is 2. The first-order valence-electron chi connectivity index (χ1n) is 10.2. The van der Waals surface area contributed by atoms with Gasteiger partial charge in [-0.2, -0.15) is 0 Å². The molecule has 1 aliphatic rings. The van der Waals surface area contributed by atoms with Gasteiger partial charge in [-0.3, -0.25) is 9.36 Å². The molecule has 3 aromatic rings. The zero-order valence-electron chi connectivity index (χ0n) is 17.2. The number of aromatic nitrogens is 2. The summed E-state index contributed by atoms with van der Waals surface area (Å²) in [6, 6.07) is 8.83. The number of aryl methyl sites for hydroxylation is 2. The molecule has 1 aromatic carbocycles. The molecule has 0 unspecified atom stereocenters. The van der Waals surface area contributed by atoms with E-state index in [-0.39, 0.29) is 11.0 Å². The molecule has 2 heterocycles. The van der Waals surface area contributed by atoms with Gasteiger partial charge in [0.1, 0.15) is 4.83 Å². The first kappa shape index (κ1) is 19.7. The van der Waals surface area contributed by atoms with E-state index in [1.165, 1.54) is 34.4 Å². The van der Waals surface area contributed by atoms with E-state index in [0.29, 0.717) is 6.54 Å². The fourth-order valence-electron chi connectivity index (χ4n) is 3.86. The van der Waals surface area contributed by atoms with E-state index in [9.17, 15) is 4.79 Å². The Morgan fingerprint density at radius 1 is 1.14 bits per heavy atom. The van der Waals surface area contributed by atoms with E-state index in [1.54, 1.807) is 23.1 Å². The number of thiophene rings is 1. The number of thioether (sulfide) groups is 1. The fourth-order valence-corrected chi connectivity index (χ4v) is 6.18. The molecule has 28 heavy (non-hydrogen) atoms. The predicted molar refractivity (Wildman–Crippen MR) is 121 cm³/mol. The summed E-state index contributed by atoms with van der Waals surface area (Å²) in [7, 11) is 0. The third-order valence-corrected chi connectivity index (χ3v) is 7.78. The van der Waals surface area contributed by atoms with Crippen molar-refractivity contribution < 1.29 is 0 Å². The van der Waals surface area contributed by atoms with Gasteiger partial charge in [0, 0.05) is 17.2 Å². The van der Waals surface area contributed by atoms with E-state index in [4.69, 9.17) is 4.98 Å². The fraction of sp³-hybridized carbons (Fsp3) is 0.478. The van der Waals surface area contributed by atoms with Crippen LogP contribution < -0.4 is 5.56 Å². The molecule has 0 amide bonds. The molecular weight excluding hydrogens is 384 g/mol. The molecule has 0 bridgehead atoms. The maximum absolute atomic E-state index is 13.2. The molecule has 0 radical (unpaired) electrons. The van der Waals surface area contributed by atoms with Crippen LogP contribution >= 0.6 is 23.1 Å². The molecule has 4 rings (SSSR count). The average molecular weight is 413 g/mol. The van der Waals surface area contributed by atoms with E-state index < -0.39 is 0 Å². The van der Waals surface area contributed by atoms with Crippen molar-refractivity contribution in [2.75, 3.05) is 0 Å². The monoisotopic (exact) mass is 412 g/mol. The van der Waals surface area contributed by atoms with Gasteiger partial charge in [-0.1, -0.05) is 56.8 Å².